The number of carbonyl (C=O) groups excluding carboxylic acids is 2. The average Bonchev–Trinajstić information content (AvgIpc) is 3.43. The summed E-state index contributed by atoms with van der Waals surface area (Å²) in [7, 11) is 0. The summed E-state index contributed by atoms with van der Waals surface area (Å²) in [6.07, 6.45) is 22.0. The lowest BCUT2D eigenvalue weighted by Crippen LogP contribution is -2.44. The number of carbonyl (C=O) groups is 2. The fourth-order valence-corrected chi connectivity index (χ4v) is 5.48. The summed E-state index contributed by atoms with van der Waals surface area (Å²) in [5.41, 5.74) is 0.898. The van der Waals surface area contributed by atoms with Gasteiger partial charge in [-0.15, -0.1) is 0 Å². The first kappa shape index (κ1) is 35.2. The van der Waals surface area contributed by atoms with E-state index in [0.29, 0.717) is 19.1 Å². The number of nitrogens with zero attached hydrogens (tertiary/aromatic N) is 2. The highest BCUT2D eigenvalue weighted by Crippen LogP contribution is 2.21. The summed E-state index contributed by atoms with van der Waals surface area (Å²) < 4.78 is 19.3. The van der Waals surface area contributed by atoms with Crippen LogP contribution < -0.4 is 4.57 Å². The molecule has 0 N–H and O–H groups in total. The van der Waals surface area contributed by atoms with Gasteiger partial charge in [0.2, 0.25) is 11.6 Å². The molecule has 41 heavy (non-hydrogen) atoms. The van der Waals surface area contributed by atoms with Gasteiger partial charge in [0.25, 0.3) is 0 Å². The molecule has 0 spiro atoms. The average molecular weight is 576 g/mol. The van der Waals surface area contributed by atoms with Crippen molar-refractivity contribution in [3.8, 4) is 0 Å². The molecule has 1 aromatic heterocycles. The van der Waals surface area contributed by atoms with Gasteiger partial charge in [0.05, 0.1) is 19.3 Å². The highest BCUT2D eigenvalue weighted by Gasteiger charge is 2.29. The Balaban J connectivity index is 1.48. The van der Waals surface area contributed by atoms with Crippen LogP contribution in [0.3, 0.4) is 0 Å². The topological polar surface area (TPSA) is 69.0 Å². The number of aromatic nitrogens is 1. The summed E-state index contributed by atoms with van der Waals surface area (Å²) in [6.45, 7) is 9.06. The molecule has 2 amide bonds. The molecule has 1 aliphatic heterocycles. The van der Waals surface area contributed by atoms with Crippen LogP contribution in [0, 0.1) is 5.92 Å². The number of imide groups is 1. The van der Waals surface area contributed by atoms with E-state index in [4.69, 9.17) is 14.2 Å². The number of ether oxygens (including phenoxy) is 3. The molecule has 1 aromatic rings. The predicted molar refractivity (Wildman–Crippen MR) is 163 cm³/mol. The second-order valence-electron chi connectivity index (χ2n) is 11.8. The lowest BCUT2D eigenvalue weighted by molar-refractivity contribution is -0.704. The Kier molecular flexibility index (Phi) is 19.4. The molecular formula is C34H59N2O5+. The van der Waals surface area contributed by atoms with E-state index in [-0.39, 0.29) is 25.2 Å². The Morgan fingerprint density at radius 1 is 0.878 bits per heavy atom. The van der Waals surface area contributed by atoms with Crippen molar-refractivity contribution < 1.29 is 28.4 Å². The second-order valence-corrected chi connectivity index (χ2v) is 11.8. The number of hydrogen-bond donors (Lipinski definition) is 0. The van der Waals surface area contributed by atoms with Crippen molar-refractivity contribution in [1.82, 2.24) is 4.90 Å². The van der Waals surface area contributed by atoms with Crippen molar-refractivity contribution in [1.29, 1.82) is 0 Å². The van der Waals surface area contributed by atoms with Crippen LogP contribution >= 0.6 is 0 Å². The van der Waals surface area contributed by atoms with E-state index in [1.54, 1.807) is 0 Å². The predicted octanol–water partition coefficient (Wildman–Crippen LogP) is 7.77. The maximum absolute atomic E-state index is 12.7. The van der Waals surface area contributed by atoms with E-state index in [0.717, 1.165) is 43.0 Å². The van der Waals surface area contributed by atoms with Crippen molar-refractivity contribution in [2.24, 2.45) is 5.92 Å². The smallest absolute Gasteiger partial charge is 0.417 e. The minimum absolute atomic E-state index is 0.149. The molecule has 1 saturated heterocycles. The maximum atomic E-state index is 12.7. The van der Waals surface area contributed by atoms with E-state index < -0.39 is 6.09 Å². The first-order valence-corrected chi connectivity index (χ1v) is 16.7. The molecule has 0 aliphatic carbocycles. The van der Waals surface area contributed by atoms with Gasteiger partial charge in [0, 0.05) is 38.0 Å². The third kappa shape index (κ3) is 15.7. The van der Waals surface area contributed by atoms with Gasteiger partial charge in [-0.05, 0) is 12.8 Å². The van der Waals surface area contributed by atoms with E-state index in [1.807, 2.05) is 24.4 Å². The van der Waals surface area contributed by atoms with Crippen molar-refractivity contribution in [3.05, 3.63) is 30.1 Å². The Morgan fingerprint density at radius 3 is 2.12 bits per heavy atom. The molecule has 2 atom stereocenters. The molecule has 0 unspecified atom stereocenters. The van der Waals surface area contributed by atoms with Gasteiger partial charge in [-0.25, -0.2) is 14.3 Å². The van der Waals surface area contributed by atoms with Gasteiger partial charge in [0.15, 0.2) is 6.20 Å². The number of rotatable bonds is 23. The van der Waals surface area contributed by atoms with E-state index in [9.17, 15) is 9.59 Å². The number of pyridine rings is 1. The number of amides is 2. The highest BCUT2D eigenvalue weighted by atomic mass is 16.6. The van der Waals surface area contributed by atoms with Crippen LogP contribution in [-0.2, 0) is 32.1 Å². The molecule has 234 valence electrons. The third-order valence-corrected chi connectivity index (χ3v) is 7.97. The van der Waals surface area contributed by atoms with Crippen molar-refractivity contribution in [2.45, 2.75) is 143 Å². The minimum atomic E-state index is -0.620. The largest absolute Gasteiger partial charge is 0.446 e. The van der Waals surface area contributed by atoms with Crippen molar-refractivity contribution in [3.63, 3.8) is 0 Å². The van der Waals surface area contributed by atoms with Crippen LogP contribution in [-0.4, -0.2) is 49.4 Å². The van der Waals surface area contributed by atoms with E-state index in [2.05, 4.69) is 18.4 Å². The van der Waals surface area contributed by atoms with Gasteiger partial charge in [-0.3, -0.25) is 4.79 Å². The molecule has 7 nitrogen and oxygen atoms in total. The normalized spacial score (nSPS) is 16.7. The zero-order valence-corrected chi connectivity index (χ0v) is 26.5. The van der Waals surface area contributed by atoms with Crippen LogP contribution in [0.2, 0.25) is 0 Å². The molecule has 0 radical (unpaired) electrons. The Hall–Kier alpha value is -1.99. The fraction of sp³-hybridized carbons (Fsp3) is 0.794. The van der Waals surface area contributed by atoms with E-state index >= 15 is 0 Å². The summed E-state index contributed by atoms with van der Waals surface area (Å²) in [5, 5.41) is 0. The summed E-state index contributed by atoms with van der Waals surface area (Å²) in [4.78, 5) is 26.1. The third-order valence-electron chi connectivity index (χ3n) is 7.97. The van der Waals surface area contributed by atoms with Crippen LogP contribution in [0.1, 0.15) is 129 Å². The molecule has 0 saturated carbocycles. The Labute approximate surface area is 250 Å². The van der Waals surface area contributed by atoms with Crippen LogP contribution in [0.5, 0.6) is 0 Å². The lowest BCUT2D eigenvalue weighted by atomic mass is 10.0. The second kappa shape index (κ2) is 22.6. The molecule has 0 bridgehead atoms. The molecule has 1 fully saturated rings. The van der Waals surface area contributed by atoms with Crippen LogP contribution in [0.25, 0.3) is 0 Å². The Bertz CT molecular complexity index is 833. The molecular weight excluding hydrogens is 516 g/mol. The summed E-state index contributed by atoms with van der Waals surface area (Å²) in [5.74, 6) is -0.00408. The van der Waals surface area contributed by atoms with Gasteiger partial charge in [-0.1, -0.05) is 103 Å². The van der Waals surface area contributed by atoms with Gasteiger partial charge >= 0.3 is 6.09 Å². The molecule has 1 aliphatic rings. The SMILES string of the molecule is CCCCCCCCCCCCCCCCOC[C@H]1CO[C@H](COC(=O)N(Cc2cccc[n+]2CCC)C(C)=O)C1. The van der Waals surface area contributed by atoms with Crippen LogP contribution in [0.4, 0.5) is 4.79 Å². The zero-order chi connectivity index (χ0) is 29.5. The zero-order valence-electron chi connectivity index (χ0n) is 26.5. The number of aryl methyl sites for hydroxylation is 1. The lowest BCUT2D eigenvalue weighted by Gasteiger charge is -2.19. The van der Waals surface area contributed by atoms with Gasteiger partial charge in [0.1, 0.15) is 19.7 Å². The maximum Gasteiger partial charge on any atom is 0.417 e. The first-order chi connectivity index (χ1) is 20.0. The molecule has 7 heteroatoms. The van der Waals surface area contributed by atoms with Gasteiger partial charge in [-0.2, -0.15) is 0 Å². The molecule has 2 rings (SSSR count). The quantitative estimate of drug-likeness (QED) is 0.0985. The highest BCUT2D eigenvalue weighted by molar-refractivity contribution is 5.90. The number of unbranched alkanes of at least 4 members (excludes halogenated alkanes) is 13. The van der Waals surface area contributed by atoms with Gasteiger partial charge < -0.3 is 14.2 Å². The summed E-state index contributed by atoms with van der Waals surface area (Å²) in [6, 6.07) is 5.80. The standard InChI is InChI=1S/C34H59N2O5/c1-4-6-7-8-9-10-11-12-13-14-15-16-17-20-24-39-27-31-25-33(40-28-31)29-41-34(38)36(30(3)37)26-32-21-18-19-23-35(32)22-5-2/h18-19,21,23,31,33H,4-17,20,22,24-29H2,1-3H3/q+1/t31-,33-/m0/s1. The van der Waals surface area contributed by atoms with Crippen molar-refractivity contribution >= 4 is 12.0 Å². The minimum Gasteiger partial charge on any atom is -0.446 e. The molecule has 0 aromatic carbocycles. The van der Waals surface area contributed by atoms with E-state index in [1.165, 1.54) is 90.4 Å². The molecule has 2 heterocycles. The summed E-state index contributed by atoms with van der Waals surface area (Å²) >= 11 is 0. The number of hydrogen-bond acceptors (Lipinski definition) is 5. The Morgan fingerprint density at radius 2 is 1.51 bits per heavy atom. The van der Waals surface area contributed by atoms with Crippen molar-refractivity contribution in [2.75, 3.05) is 26.4 Å². The first-order valence-electron chi connectivity index (χ1n) is 16.7. The van der Waals surface area contributed by atoms with Crippen LogP contribution in [0.15, 0.2) is 24.4 Å². The monoisotopic (exact) mass is 575 g/mol. The fourth-order valence-electron chi connectivity index (χ4n) is 5.48.